The highest BCUT2D eigenvalue weighted by Crippen LogP contribution is 2.53. The van der Waals surface area contributed by atoms with Gasteiger partial charge in [-0.2, -0.15) is 0 Å². The van der Waals surface area contributed by atoms with Crippen molar-refractivity contribution in [3.8, 4) is 56.8 Å². The quantitative estimate of drug-likeness (QED) is 0.181. The maximum atomic E-state index is 6.62. The molecule has 0 N–H and O–H groups in total. The third kappa shape index (κ3) is 5.12. The standard InChI is InChI=1S/C51H35N3O2/c1-51(2)41-21-11-12-22-43(41)56-45-27-25-37-36-19-10-9-18-34(36)28-35(30-39(37)47(45)51)33-24-26-42-40(29-33)46-38(20-13-23-44(46)55-42)50-53-48(31-14-5-3-6-15-31)52-49(54-50)32-16-7-4-8-17-32/h3-29H,30H2,1-2H3. The van der Waals surface area contributed by atoms with E-state index in [1.54, 1.807) is 0 Å². The van der Waals surface area contributed by atoms with Crippen LogP contribution in [0.15, 0.2) is 162 Å². The zero-order valence-electron chi connectivity index (χ0n) is 31.0. The fourth-order valence-corrected chi connectivity index (χ4v) is 8.78. The number of allylic oxidation sites excluding steroid dienone is 1. The minimum atomic E-state index is -0.263. The van der Waals surface area contributed by atoms with E-state index < -0.39 is 0 Å². The van der Waals surface area contributed by atoms with Gasteiger partial charge in [0.25, 0.3) is 0 Å². The van der Waals surface area contributed by atoms with Gasteiger partial charge in [0.1, 0.15) is 22.7 Å². The number of hydrogen-bond donors (Lipinski definition) is 0. The molecule has 2 aromatic heterocycles. The summed E-state index contributed by atoms with van der Waals surface area (Å²) in [5, 5.41) is 1.99. The van der Waals surface area contributed by atoms with E-state index in [0.29, 0.717) is 17.5 Å². The van der Waals surface area contributed by atoms with Crippen molar-refractivity contribution < 1.29 is 9.15 Å². The van der Waals surface area contributed by atoms with Crippen molar-refractivity contribution in [3.63, 3.8) is 0 Å². The summed E-state index contributed by atoms with van der Waals surface area (Å²) in [6.07, 6.45) is 3.10. The first-order chi connectivity index (χ1) is 27.5. The Labute approximate surface area is 324 Å². The molecule has 0 amide bonds. The second-order valence-electron chi connectivity index (χ2n) is 15.2. The van der Waals surface area contributed by atoms with E-state index in [1.165, 1.54) is 39.0 Å². The van der Waals surface area contributed by atoms with Gasteiger partial charge in [-0.1, -0.05) is 147 Å². The number of ether oxygens (including phenoxy) is 1. The van der Waals surface area contributed by atoms with Crippen molar-refractivity contribution in [1.82, 2.24) is 15.0 Å². The molecule has 0 saturated carbocycles. The molecule has 5 heteroatoms. The van der Waals surface area contributed by atoms with Crippen molar-refractivity contribution >= 4 is 33.6 Å². The van der Waals surface area contributed by atoms with Crippen molar-refractivity contribution in [2.75, 3.05) is 0 Å². The average Bonchev–Trinajstić information content (AvgIpc) is 3.53. The zero-order chi connectivity index (χ0) is 37.4. The Hall–Kier alpha value is -7.11. The van der Waals surface area contributed by atoms with Gasteiger partial charge in [-0.3, -0.25) is 0 Å². The number of nitrogens with zero attached hydrogens (tertiary/aromatic N) is 3. The Morgan fingerprint density at radius 2 is 1.20 bits per heavy atom. The normalized spacial score (nSPS) is 13.9. The molecule has 0 fully saturated rings. The van der Waals surface area contributed by atoms with Gasteiger partial charge in [0.05, 0.1) is 0 Å². The molecule has 0 saturated heterocycles. The summed E-state index contributed by atoms with van der Waals surface area (Å²) in [6.45, 7) is 4.65. The Kier molecular flexibility index (Phi) is 7.20. The fraction of sp³-hybridized carbons (Fsp3) is 0.0784. The van der Waals surface area contributed by atoms with Crippen LogP contribution in [-0.4, -0.2) is 15.0 Å². The van der Waals surface area contributed by atoms with E-state index in [0.717, 1.165) is 62.1 Å². The topological polar surface area (TPSA) is 61.0 Å². The van der Waals surface area contributed by atoms with E-state index in [-0.39, 0.29) is 5.41 Å². The highest BCUT2D eigenvalue weighted by molar-refractivity contribution is 6.13. The van der Waals surface area contributed by atoms with Gasteiger partial charge < -0.3 is 9.15 Å². The smallest absolute Gasteiger partial charge is 0.164 e. The van der Waals surface area contributed by atoms with Crippen molar-refractivity contribution in [3.05, 3.63) is 186 Å². The summed E-state index contributed by atoms with van der Waals surface area (Å²) in [6, 6.07) is 54.5. The van der Waals surface area contributed by atoms with Crippen LogP contribution in [0.5, 0.6) is 11.5 Å². The van der Waals surface area contributed by atoms with Gasteiger partial charge in [0.2, 0.25) is 0 Å². The second-order valence-corrected chi connectivity index (χ2v) is 15.2. The molecule has 7 aromatic carbocycles. The number of benzene rings is 7. The molecule has 5 nitrogen and oxygen atoms in total. The molecule has 0 radical (unpaired) electrons. The Morgan fingerprint density at radius 1 is 0.518 bits per heavy atom. The number of furan rings is 1. The van der Waals surface area contributed by atoms with E-state index in [9.17, 15) is 0 Å². The van der Waals surface area contributed by atoms with Crippen LogP contribution in [0, 0.1) is 0 Å². The number of hydrogen-bond acceptors (Lipinski definition) is 5. The predicted molar refractivity (Wildman–Crippen MR) is 226 cm³/mol. The van der Waals surface area contributed by atoms with Gasteiger partial charge in [-0.25, -0.2) is 15.0 Å². The van der Waals surface area contributed by atoms with Crippen LogP contribution in [-0.2, 0) is 11.8 Å². The molecule has 1 aliphatic carbocycles. The summed E-state index contributed by atoms with van der Waals surface area (Å²) in [5.41, 5.74) is 13.9. The number of fused-ring (bicyclic) bond motifs is 9. The van der Waals surface area contributed by atoms with Crippen molar-refractivity contribution in [2.45, 2.75) is 25.7 Å². The lowest BCUT2D eigenvalue weighted by atomic mass is 9.71. The van der Waals surface area contributed by atoms with E-state index >= 15 is 0 Å². The van der Waals surface area contributed by atoms with Crippen LogP contribution in [0.3, 0.4) is 0 Å². The highest BCUT2D eigenvalue weighted by atomic mass is 16.5. The summed E-state index contributed by atoms with van der Waals surface area (Å²) >= 11 is 0. The molecule has 1 aliphatic heterocycles. The van der Waals surface area contributed by atoms with Gasteiger partial charge >= 0.3 is 0 Å². The third-order valence-corrected chi connectivity index (χ3v) is 11.4. The molecule has 0 atom stereocenters. The number of rotatable bonds is 4. The summed E-state index contributed by atoms with van der Waals surface area (Å²) in [7, 11) is 0. The molecule has 3 heterocycles. The Bertz CT molecular complexity index is 2990. The lowest BCUT2D eigenvalue weighted by Gasteiger charge is -2.37. The first-order valence-electron chi connectivity index (χ1n) is 19.1. The number of para-hydroxylation sites is 1. The average molecular weight is 722 g/mol. The summed E-state index contributed by atoms with van der Waals surface area (Å²) in [4.78, 5) is 15.1. The third-order valence-electron chi connectivity index (χ3n) is 11.4. The Morgan fingerprint density at radius 3 is 1.98 bits per heavy atom. The van der Waals surface area contributed by atoms with Gasteiger partial charge in [-0.05, 0) is 70.1 Å². The largest absolute Gasteiger partial charge is 0.457 e. The molecule has 9 aromatic rings. The van der Waals surface area contributed by atoms with Crippen LogP contribution in [0.2, 0.25) is 0 Å². The first kappa shape index (κ1) is 32.3. The summed E-state index contributed by atoms with van der Waals surface area (Å²) in [5.74, 6) is 3.70. The molecule has 56 heavy (non-hydrogen) atoms. The monoisotopic (exact) mass is 721 g/mol. The predicted octanol–water partition coefficient (Wildman–Crippen LogP) is 13.0. The molecule has 11 rings (SSSR count). The van der Waals surface area contributed by atoms with Gasteiger partial charge in [0.15, 0.2) is 17.5 Å². The fourth-order valence-electron chi connectivity index (χ4n) is 8.78. The minimum Gasteiger partial charge on any atom is -0.457 e. The second kappa shape index (κ2) is 12.5. The number of aromatic nitrogens is 3. The van der Waals surface area contributed by atoms with E-state index in [1.807, 2.05) is 78.9 Å². The van der Waals surface area contributed by atoms with Crippen LogP contribution < -0.4 is 4.74 Å². The molecular formula is C51H35N3O2. The lowest BCUT2D eigenvalue weighted by molar-refractivity contribution is 0.416. The maximum absolute atomic E-state index is 6.62. The van der Waals surface area contributed by atoms with Crippen LogP contribution >= 0.6 is 0 Å². The zero-order valence-corrected chi connectivity index (χ0v) is 31.0. The molecule has 266 valence electrons. The van der Waals surface area contributed by atoms with Crippen molar-refractivity contribution in [2.24, 2.45) is 0 Å². The van der Waals surface area contributed by atoms with Crippen molar-refractivity contribution in [1.29, 1.82) is 0 Å². The van der Waals surface area contributed by atoms with E-state index in [4.69, 9.17) is 24.1 Å². The molecular weight excluding hydrogens is 687 g/mol. The Balaban J connectivity index is 1.10. The lowest BCUT2D eigenvalue weighted by Crippen LogP contribution is -2.26. The molecule has 0 bridgehead atoms. The summed E-state index contributed by atoms with van der Waals surface area (Å²) < 4.78 is 13.2. The van der Waals surface area contributed by atoms with Crippen LogP contribution in [0.4, 0.5) is 0 Å². The van der Waals surface area contributed by atoms with Gasteiger partial charge in [-0.15, -0.1) is 0 Å². The van der Waals surface area contributed by atoms with Gasteiger partial charge in [0, 0.05) is 44.0 Å². The first-order valence-corrected chi connectivity index (χ1v) is 19.1. The molecule has 0 unspecified atom stereocenters. The van der Waals surface area contributed by atoms with E-state index in [2.05, 4.69) is 98.8 Å². The highest BCUT2D eigenvalue weighted by Gasteiger charge is 2.38. The van der Waals surface area contributed by atoms with Crippen LogP contribution in [0.25, 0.3) is 78.9 Å². The van der Waals surface area contributed by atoms with Crippen LogP contribution in [0.1, 0.15) is 41.7 Å². The minimum absolute atomic E-state index is 0.263. The molecule has 0 spiro atoms. The molecule has 2 aliphatic rings. The maximum Gasteiger partial charge on any atom is 0.164 e. The SMILES string of the molecule is CC1(C)c2ccccc2Oc2ccc3c(c21)CC(c1ccc2oc4cccc(-c5nc(-c6ccccc6)nc(-c6ccccc6)n5)c4c2c1)=Cc1ccccc1-3.